The molecule has 0 aliphatic heterocycles. The van der Waals surface area contributed by atoms with Crippen molar-refractivity contribution in [3.63, 3.8) is 0 Å². The number of carbonyl (C=O) groups is 2. The van der Waals surface area contributed by atoms with Crippen LogP contribution in [0.15, 0.2) is 24.3 Å². The van der Waals surface area contributed by atoms with Gasteiger partial charge in [0.2, 0.25) is 5.91 Å². The molecule has 5 heteroatoms. The number of hydrogen-bond acceptors (Lipinski definition) is 2. The summed E-state index contributed by atoms with van der Waals surface area (Å²) in [6.07, 6.45) is 0.227. The molecule has 0 spiro atoms. The van der Waals surface area contributed by atoms with Crippen LogP contribution in [0.2, 0.25) is 0 Å². The third-order valence-corrected chi connectivity index (χ3v) is 3.25. The van der Waals surface area contributed by atoms with Crippen LogP contribution in [0.4, 0.5) is 0 Å². The zero-order valence-corrected chi connectivity index (χ0v) is 11.8. The monoisotopic (exact) mass is 347 g/mol. The van der Waals surface area contributed by atoms with Crippen LogP contribution in [-0.4, -0.2) is 35.0 Å². The average molecular weight is 347 g/mol. The summed E-state index contributed by atoms with van der Waals surface area (Å²) in [4.78, 5) is 23.8. The minimum absolute atomic E-state index is 0.193. The van der Waals surface area contributed by atoms with Crippen LogP contribution in [0.3, 0.4) is 0 Å². The van der Waals surface area contributed by atoms with Crippen LogP contribution in [-0.2, 0) is 16.0 Å². The Morgan fingerprint density at radius 1 is 1.47 bits per heavy atom. The van der Waals surface area contributed by atoms with E-state index in [1.165, 1.54) is 18.9 Å². The lowest BCUT2D eigenvalue weighted by atomic mass is 10.1. The first-order valence-corrected chi connectivity index (χ1v) is 6.22. The summed E-state index contributed by atoms with van der Waals surface area (Å²) >= 11 is 2.17. The number of rotatable bonds is 4. The smallest absolute Gasteiger partial charge is 0.326 e. The fourth-order valence-corrected chi connectivity index (χ4v) is 1.94. The van der Waals surface area contributed by atoms with E-state index in [2.05, 4.69) is 22.6 Å². The van der Waals surface area contributed by atoms with Gasteiger partial charge in [-0.05, 0) is 47.2 Å². The minimum Gasteiger partial charge on any atom is -0.480 e. The minimum atomic E-state index is -0.997. The maximum atomic E-state index is 11.8. The second-order valence-corrected chi connectivity index (χ2v) is 5.07. The zero-order valence-electron chi connectivity index (χ0n) is 9.68. The number of carboxylic acids is 1. The molecule has 1 aromatic rings. The maximum absolute atomic E-state index is 11.8. The van der Waals surface area contributed by atoms with E-state index in [4.69, 9.17) is 5.11 Å². The third kappa shape index (κ3) is 3.99. The van der Waals surface area contributed by atoms with E-state index < -0.39 is 12.0 Å². The van der Waals surface area contributed by atoms with E-state index in [-0.39, 0.29) is 12.3 Å². The molecule has 92 valence electrons. The quantitative estimate of drug-likeness (QED) is 0.845. The van der Waals surface area contributed by atoms with Crippen molar-refractivity contribution in [3.05, 3.63) is 33.4 Å². The predicted octanol–water partition coefficient (Wildman–Crippen LogP) is 1.77. The Morgan fingerprint density at radius 2 is 2.12 bits per heavy atom. The number of benzene rings is 1. The van der Waals surface area contributed by atoms with Crippen molar-refractivity contribution in [3.8, 4) is 0 Å². The number of hydrogen-bond donors (Lipinski definition) is 1. The van der Waals surface area contributed by atoms with E-state index >= 15 is 0 Å². The Balaban J connectivity index is 2.69. The molecule has 0 radical (unpaired) electrons. The normalized spacial score (nSPS) is 11.9. The van der Waals surface area contributed by atoms with Crippen molar-refractivity contribution < 1.29 is 14.7 Å². The van der Waals surface area contributed by atoms with Gasteiger partial charge in [-0.25, -0.2) is 4.79 Å². The van der Waals surface area contributed by atoms with Crippen LogP contribution >= 0.6 is 22.6 Å². The first kappa shape index (κ1) is 14.0. The first-order valence-electron chi connectivity index (χ1n) is 5.14. The molecule has 0 saturated carbocycles. The molecule has 0 heterocycles. The number of nitrogens with zero attached hydrogens (tertiary/aromatic N) is 1. The SMILES string of the molecule is CC(C(=O)O)N(C)C(=O)Cc1cccc(I)c1. The number of carboxylic acid groups (broad SMARTS) is 1. The molecule has 0 aliphatic rings. The second-order valence-electron chi connectivity index (χ2n) is 3.83. The van der Waals surface area contributed by atoms with E-state index in [9.17, 15) is 9.59 Å². The van der Waals surface area contributed by atoms with Crippen molar-refractivity contribution in [2.45, 2.75) is 19.4 Å². The number of carbonyl (C=O) groups excluding carboxylic acids is 1. The lowest BCUT2D eigenvalue weighted by Crippen LogP contribution is -2.41. The van der Waals surface area contributed by atoms with E-state index in [1.807, 2.05) is 24.3 Å². The summed E-state index contributed by atoms with van der Waals surface area (Å²) in [6.45, 7) is 1.50. The molecule has 0 saturated heterocycles. The van der Waals surface area contributed by atoms with Crippen molar-refractivity contribution in [2.75, 3.05) is 7.05 Å². The number of aliphatic carboxylic acids is 1. The van der Waals surface area contributed by atoms with Gasteiger partial charge in [0, 0.05) is 10.6 Å². The molecular weight excluding hydrogens is 333 g/mol. The first-order chi connectivity index (χ1) is 7.91. The molecule has 0 fully saturated rings. The highest BCUT2D eigenvalue weighted by Gasteiger charge is 2.21. The van der Waals surface area contributed by atoms with Crippen LogP contribution in [0.1, 0.15) is 12.5 Å². The summed E-state index contributed by atoms with van der Waals surface area (Å²) in [7, 11) is 1.51. The molecule has 1 aromatic carbocycles. The predicted molar refractivity (Wildman–Crippen MR) is 72.7 cm³/mol. The molecule has 1 rings (SSSR count). The number of amides is 1. The highest BCUT2D eigenvalue weighted by molar-refractivity contribution is 14.1. The van der Waals surface area contributed by atoms with Gasteiger partial charge in [-0.15, -0.1) is 0 Å². The molecule has 17 heavy (non-hydrogen) atoms. The van der Waals surface area contributed by atoms with E-state index in [0.29, 0.717) is 0 Å². The van der Waals surface area contributed by atoms with Crippen LogP contribution < -0.4 is 0 Å². The number of halogens is 1. The second kappa shape index (κ2) is 6.00. The van der Waals surface area contributed by atoms with Gasteiger partial charge in [-0.1, -0.05) is 12.1 Å². The van der Waals surface area contributed by atoms with Gasteiger partial charge in [0.05, 0.1) is 6.42 Å². The van der Waals surface area contributed by atoms with Gasteiger partial charge in [0.25, 0.3) is 0 Å². The van der Waals surface area contributed by atoms with E-state index in [0.717, 1.165) is 9.13 Å². The number of likely N-dealkylation sites (N-methyl/N-ethyl adjacent to an activating group) is 1. The Kier molecular flexibility index (Phi) is 4.92. The molecule has 0 bridgehead atoms. The van der Waals surface area contributed by atoms with Gasteiger partial charge >= 0.3 is 5.97 Å². The lowest BCUT2D eigenvalue weighted by Gasteiger charge is -2.21. The van der Waals surface area contributed by atoms with Gasteiger partial charge in [-0.3, -0.25) is 4.79 Å². The van der Waals surface area contributed by atoms with Crippen LogP contribution in [0.25, 0.3) is 0 Å². The molecule has 0 aromatic heterocycles. The highest BCUT2D eigenvalue weighted by Crippen LogP contribution is 2.10. The molecule has 4 nitrogen and oxygen atoms in total. The molecule has 1 amide bonds. The molecule has 1 unspecified atom stereocenters. The van der Waals surface area contributed by atoms with Crippen molar-refractivity contribution in [2.24, 2.45) is 0 Å². The third-order valence-electron chi connectivity index (χ3n) is 2.58. The lowest BCUT2D eigenvalue weighted by molar-refractivity contribution is -0.147. The molecule has 1 atom stereocenters. The van der Waals surface area contributed by atoms with Gasteiger partial charge < -0.3 is 10.0 Å². The van der Waals surface area contributed by atoms with Gasteiger partial charge in [0.15, 0.2) is 0 Å². The fraction of sp³-hybridized carbons (Fsp3) is 0.333. The summed E-state index contributed by atoms with van der Waals surface area (Å²) in [6, 6.07) is 6.80. The Hall–Kier alpha value is -1.11. The summed E-state index contributed by atoms with van der Waals surface area (Å²) in [5, 5.41) is 8.82. The topological polar surface area (TPSA) is 57.6 Å². The maximum Gasteiger partial charge on any atom is 0.326 e. The molecule has 0 aliphatic carbocycles. The standard InChI is InChI=1S/C12H14INO3/c1-8(12(16)17)14(2)11(15)7-9-4-3-5-10(13)6-9/h3-6,8H,7H2,1-2H3,(H,16,17). The molecular formula is C12H14INO3. The molecule has 1 N–H and O–H groups in total. The Morgan fingerprint density at radius 3 is 2.65 bits per heavy atom. The van der Waals surface area contributed by atoms with E-state index in [1.54, 1.807) is 0 Å². The van der Waals surface area contributed by atoms with Crippen molar-refractivity contribution >= 4 is 34.5 Å². The van der Waals surface area contributed by atoms with Gasteiger partial charge in [-0.2, -0.15) is 0 Å². The summed E-state index contributed by atoms with van der Waals surface area (Å²) < 4.78 is 1.06. The summed E-state index contributed by atoms with van der Waals surface area (Å²) in [5.41, 5.74) is 0.895. The largest absolute Gasteiger partial charge is 0.480 e. The Labute approximate surface area is 114 Å². The fourth-order valence-electron chi connectivity index (χ4n) is 1.33. The van der Waals surface area contributed by atoms with Crippen LogP contribution in [0.5, 0.6) is 0 Å². The Bertz CT molecular complexity index is 434. The van der Waals surface area contributed by atoms with Crippen molar-refractivity contribution in [1.82, 2.24) is 4.90 Å². The zero-order chi connectivity index (χ0) is 13.0. The average Bonchev–Trinajstić information content (AvgIpc) is 2.26. The van der Waals surface area contributed by atoms with Crippen LogP contribution in [0, 0.1) is 3.57 Å². The van der Waals surface area contributed by atoms with Gasteiger partial charge in [0.1, 0.15) is 6.04 Å². The summed E-state index contributed by atoms with van der Waals surface area (Å²) in [5.74, 6) is -1.19. The van der Waals surface area contributed by atoms with Crippen molar-refractivity contribution in [1.29, 1.82) is 0 Å². The highest BCUT2D eigenvalue weighted by atomic mass is 127.